The molecule has 0 radical (unpaired) electrons. The van der Waals surface area contributed by atoms with E-state index in [0.29, 0.717) is 10.8 Å². The molecule has 3 nitrogen and oxygen atoms in total. The Morgan fingerprint density at radius 2 is 2.12 bits per heavy atom. The molecule has 1 aromatic rings. The molecule has 2 unspecified atom stereocenters. The third-order valence-corrected chi connectivity index (χ3v) is 3.30. The van der Waals surface area contributed by atoms with E-state index in [9.17, 15) is 0 Å². The van der Waals surface area contributed by atoms with Gasteiger partial charge < -0.3 is 10.5 Å². The number of nitrogens with zero attached hydrogens (tertiary/aromatic N) is 1. The molecule has 2 rings (SSSR count). The predicted molar refractivity (Wildman–Crippen MR) is 64.7 cm³/mol. The lowest BCUT2D eigenvalue weighted by Crippen LogP contribution is -2.37. The van der Waals surface area contributed by atoms with E-state index in [1.165, 1.54) is 19.3 Å². The van der Waals surface area contributed by atoms with Crippen LogP contribution in [-0.2, 0) is 0 Å². The molecule has 0 saturated heterocycles. The summed E-state index contributed by atoms with van der Waals surface area (Å²) in [5.41, 5.74) is 6.09. The first-order chi connectivity index (χ1) is 7.77. The van der Waals surface area contributed by atoms with E-state index in [4.69, 9.17) is 22.1 Å². The second kappa shape index (κ2) is 5.51. The van der Waals surface area contributed by atoms with Crippen LogP contribution >= 0.6 is 11.6 Å². The molecule has 0 aliphatic heterocycles. The van der Waals surface area contributed by atoms with Gasteiger partial charge in [-0.1, -0.05) is 24.4 Å². The first-order valence-electron chi connectivity index (χ1n) is 5.79. The molecule has 1 heterocycles. The van der Waals surface area contributed by atoms with E-state index in [2.05, 4.69) is 4.98 Å². The quantitative estimate of drug-likeness (QED) is 0.809. The molecule has 16 heavy (non-hydrogen) atoms. The van der Waals surface area contributed by atoms with Crippen molar-refractivity contribution in [2.45, 2.75) is 44.2 Å². The van der Waals surface area contributed by atoms with Gasteiger partial charge in [0.15, 0.2) is 0 Å². The van der Waals surface area contributed by atoms with Gasteiger partial charge in [0.05, 0.1) is 0 Å². The van der Waals surface area contributed by atoms with Crippen molar-refractivity contribution in [2.75, 3.05) is 0 Å². The van der Waals surface area contributed by atoms with Crippen molar-refractivity contribution in [1.82, 2.24) is 4.98 Å². The smallest absolute Gasteiger partial charge is 0.141 e. The minimum absolute atomic E-state index is 0.0856. The molecule has 0 spiro atoms. The number of hydrogen-bond donors (Lipinski definition) is 1. The van der Waals surface area contributed by atoms with Crippen molar-refractivity contribution >= 4 is 11.6 Å². The number of pyridine rings is 1. The van der Waals surface area contributed by atoms with Crippen LogP contribution in [0.1, 0.15) is 32.1 Å². The number of rotatable bonds is 2. The molecule has 4 heteroatoms. The predicted octanol–water partition coefficient (Wildman–Crippen LogP) is 2.77. The highest BCUT2D eigenvalue weighted by Gasteiger charge is 2.22. The van der Waals surface area contributed by atoms with Gasteiger partial charge in [-0.15, -0.1) is 0 Å². The first kappa shape index (κ1) is 11.7. The number of aromatic nitrogens is 1. The van der Waals surface area contributed by atoms with Gasteiger partial charge in [-0.3, -0.25) is 4.98 Å². The lowest BCUT2D eigenvalue weighted by molar-refractivity contribution is 0.163. The first-order valence-corrected chi connectivity index (χ1v) is 6.17. The number of nitrogens with two attached hydrogens (primary N) is 1. The molecular formula is C12H17ClN2O. The molecule has 1 aliphatic carbocycles. The molecule has 1 aliphatic rings. The van der Waals surface area contributed by atoms with Crippen LogP contribution in [0.4, 0.5) is 0 Å². The van der Waals surface area contributed by atoms with Crippen molar-refractivity contribution < 1.29 is 4.74 Å². The van der Waals surface area contributed by atoms with Gasteiger partial charge in [0.2, 0.25) is 0 Å². The fourth-order valence-electron chi connectivity index (χ4n) is 2.07. The summed E-state index contributed by atoms with van der Waals surface area (Å²) in [5.74, 6) is 0.694. The van der Waals surface area contributed by atoms with E-state index in [0.717, 1.165) is 12.8 Å². The molecule has 2 N–H and O–H groups in total. The molecular weight excluding hydrogens is 224 g/mol. The summed E-state index contributed by atoms with van der Waals surface area (Å²) in [6.07, 6.45) is 9.04. The van der Waals surface area contributed by atoms with Crippen molar-refractivity contribution in [1.29, 1.82) is 0 Å². The monoisotopic (exact) mass is 240 g/mol. The summed E-state index contributed by atoms with van der Waals surface area (Å²) in [4.78, 5) is 3.93. The summed E-state index contributed by atoms with van der Waals surface area (Å²) in [6.45, 7) is 0. The van der Waals surface area contributed by atoms with E-state index in [1.54, 1.807) is 18.5 Å². The summed E-state index contributed by atoms with van der Waals surface area (Å²) in [7, 11) is 0. The van der Waals surface area contributed by atoms with Crippen LogP contribution in [-0.4, -0.2) is 17.1 Å². The Balaban J connectivity index is 2.05. The Bertz CT molecular complexity index is 346. The largest absolute Gasteiger partial charge is 0.487 e. The third-order valence-electron chi connectivity index (χ3n) is 3.02. The third kappa shape index (κ3) is 2.86. The van der Waals surface area contributed by atoms with Gasteiger partial charge in [-0.25, -0.2) is 0 Å². The van der Waals surface area contributed by atoms with Crippen LogP contribution in [0.2, 0.25) is 5.02 Å². The van der Waals surface area contributed by atoms with E-state index >= 15 is 0 Å². The minimum atomic E-state index is 0.0856. The Morgan fingerprint density at radius 3 is 2.94 bits per heavy atom. The van der Waals surface area contributed by atoms with Crippen molar-refractivity contribution in [3.05, 3.63) is 23.5 Å². The fourth-order valence-corrected chi connectivity index (χ4v) is 2.23. The summed E-state index contributed by atoms with van der Waals surface area (Å²) in [6, 6.07) is 1.91. The number of hydrogen-bond acceptors (Lipinski definition) is 3. The standard InChI is InChI=1S/C12H17ClN2O/c13-9-8-15-7-6-11(9)16-12-5-3-1-2-4-10(12)14/h6-8,10,12H,1-5,14H2. The number of halogens is 1. The van der Waals surface area contributed by atoms with Gasteiger partial charge in [0.25, 0.3) is 0 Å². The maximum absolute atomic E-state index is 6.09. The van der Waals surface area contributed by atoms with Crippen molar-refractivity contribution in [3.8, 4) is 5.75 Å². The molecule has 0 amide bonds. The highest BCUT2D eigenvalue weighted by molar-refractivity contribution is 6.31. The second-order valence-corrected chi connectivity index (χ2v) is 4.67. The normalized spacial score (nSPS) is 26.1. The average molecular weight is 241 g/mol. The van der Waals surface area contributed by atoms with Crippen LogP contribution < -0.4 is 10.5 Å². The van der Waals surface area contributed by atoms with Crippen LogP contribution in [0.25, 0.3) is 0 Å². The molecule has 0 aromatic carbocycles. The highest BCUT2D eigenvalue weighted by Crippen LogP contribution is 2.27. The van der Waals surface area contributed by atoms with Gasteiger partial charge >= 0.3 is 0 Å². The summed E-state index contributed by atoms with van der Waals surface area (Å²) >= 11 is 6.00. The van der Waals surface area contributed by atoms with Crippen LogP contribution in [0.3, 0.4) is 0 Å². The zero-order valence-electron chi connectivity index (χ0n) is 9.23. The Morgan fingerprint density at radius 1 is 1.31 bits per heavy atom. The SMILES string of the molecule is NC1CCCCCC1Oc1ccncc1Cl. The van der Waals surface area contributed by atoms with Crippen LogP contribution in [0.15, 0.2) is 18.5 Å². The van der Waals surface area contributed by atoms with Gasteiger partial charge in [-0.2, -0.15) is 0 Å². The van der Waals surface area contributed by atoms with Crippen LogP contribution in [0, 0.1) is 0 Å². The lowest BCUT2D eigenvalue weighted by Gasteiger charge is -2.23. The topological polar surface area (TPSA) is 48.1 Å². The second-order valence-electron chi connectivity index (χ2n) is 4.26. The molecule has 0 bridgehead atoms. The molecule has 2 atom stereocenters. The van der Waals surface area contributed by atoms with Crippen LogP contribution in [0.5, 0.6) is 5.75 Å². The average Bonchev–Trinajstić information content (AvgIpc) is 2.48. The van der Waals surface area contributed by atoms with E-state index in [1.807, 2.05) is 0 Å². The summed E-state index contributed by atoms with van der Waals surface area (Å²) in [5, 5.41) is 0.555. The lowest BCUT2D eigenvalue weighted by atomic mass is 10.1. The zero-order chi connectivity index (χ0) is 11.4. The fraction of sp³-hybridized carbons (Fsp3) is 0.583. The zero-order valence-corrected chi connectivity index (χ0v) is 9.99. The Kier molecular flexibility index (Phi) is 4.02. The molecule has 1 aromatic heterocycles. The maximum atomic E-state index is 6.09. The Hall–Kier alpha value is -0.800. The molecule has 1 fully saturated rings. The van der Waals surface area contributed by atoms with Crippen molar-refractivity contribution in [2.24, 2.45) is 5.73 Å². The van der Waals surface area contributed by atoms with E-state index < -0.39 is 0 Å². The molecule has 88 valence electrons. The minimum Gasteiger partial charge on any atom is -0.487 e. The van der Waals surface area contributed by atoms with Gasteiger partial charge in [0, 0.05) is 24.5 Å². The van der Waals surface area contributed by atoms with E-state index in [-0.39, 0.29) is 12.1 Å². The maximum Gasteiger partial charge on any atom is 0.141 e. The summed E-state index contributed by atoms with van der Waals surface area (Å²) < 4.78 is 5.88. The number of ether oxygens (including phenoxy) is 1. The van der Waals surface area contributed by atoms with Gasteiger partial charge in [-0.05, 0) is 19.3 Å². The van der Waals surface area contributed by atoms with Gasteiger partial charge in [0.1, 0.15) is 16.9 Å². The Labute approximate surface area is 101 Å². The van der Waals surface area contributed by atoms with Crippen molar-refractivity contribution in [3.63, 3.8) is 0 Å². The molecule has 1 saturated carbocycles. The highest BCUT2D eigenvalue weighted by atomic mass is 35.5.